The molecule has 0 aromatic carbocycles. The molecule has 1 fully saturated rings. The maximum absolute atomic E-state index is 11.6. The van der Waals surface area contributed by atoms with Gasteiger partial charge in [-0.25, -0.2) is 4.79 Å². The molecule has 80 valence electrons. The van der Waals surface area contributed by atoms with Crippen molar-refractivity contribution in [3.63, 3.8) is 0 Å². The predicted molar refractivity (Wildman–Crippen MR) is 54.0 cm³/mol. The van der Waals surface area contributed by atoms with E-state index in [1.807, 2.05) is 12.2 Å². The lowest BCUT2D eigenvalue weighted by Crippen LogP contribution is -2.19. The van der Waals surface area contributed by atoms with Crippen molar-refractivity contribution < 1.29 is 14.3 Å². The number of carbonyl (C=O) groups excluding carboxylic acids is 1. The van der Waals surface area contributed by atoms with Crippen molar-refractivity contribution in [1.82, 2.24) is 0 Å². The molecule has 15 heavy (non-hydrogen) atoms. The zero-order chi connectivity index (χ0) is 10.5. The third-order valence-corrected chi connectivity index (χ3v) is 3.29. The van der Waals surface area contributed by atoms with Gasteiger partial charge in [0.1, 0.15) is 6.10 Å². The van der Waals surface area contributed by atoms with Crippen LogP contribution in [0, 0.1) is 0 Å². The van der Waals surface area contributed by atoms with E-state index in [4.69, 9.17) is 9.47 Å². The normalized spacial score (nSPS) is 37.1. The largest absolute Gasteiger partial charge is 0.422 e. The Balaban J connectivity index is 1.92. The summed E-state index contributed by atoms with van der Waals surface area (Å²) in [7, 11) is 0. The van der Waals surface area contributed by atoms with Crippen LogP contribution in [0.4, 0.5) is 0 Å². The number of fused-ring (bicyclic) bond motifs is 1. The van der Waals surface area contributed by atoms with Gasteiger partial charge in [0, 0.05) is 5.57 Å². The van der Waals surface area contributed by atoms with Crippen LogP contribution in [-0.2, 0) is 14.3 Å². The van der Waals surface area contributed by atoms with Crippen molar-refractivity contribution in [2.45, 2.75) is 44.5 Å². The molecule has 2 aliphatic heterocycles. The lowest BCUT2D eigenvalue weighted by Gasteiger charge is -2.10. The highest BCUT2D eigenvalue weighted by molar-refractivity contribution is 5.96. The Bertz CT molecular complexity index is 380. The van der Waals surface area contributed by atoms with Crippen LogP contribution < -0.4 is 0 Å². The first-order valence-electron chi connectivity index (χ1n) is 5.59. The molecule has 0 saturated carbocycles. The summed E-state index contributed by atoms with van der Waals surface area (Å²) in [6.45, 7) is 2.11. The molecule has 3 nitrogen and oxygen atoms in total. The van der Waals surface area contributed by atoms with Crippen molar-refractivity contribution in [2.24, 2.45) is 0 Å². The standard InChI is InChI=1S/C12H14O3/c1-2-5-10-12(14-10)9-7-4-3-6-8(9)11(13)15-12/h3,6,10H,2,4-5,7H2,1H3/t10-,12-/m0/s1. The number of hydrogen-bond acceptors (Lipinski definition) is 3. The van der Waals surface area contributed by atoms with Gasteiger partial charge in [-0.2, -0.15) is 0 Å². The minimum Gasteiger partial charge on any atom is -0.422 e. The van der Waals surface area contributed by atoms with Crippen molar-refractivity contribution in [3.05, 3.63) is 23.3 Å². The summed E-state index contributed by atoms with van der Waals surface area (Å²) in [5.74, 6) is -0.854. The third-order valence-electron chi connectivity index (χ3n) is 3.29. The van der Waals surface area contributed by atoms with Crippen molar-refractivity contribution in [2.75, 3.05) is 0 Å². The average molecular weight is 206 g/mol. The molecule has 0 N–H and O–H groups in total. The van der Waals surface area contributed by atoms with Crippen molar-refractivity contribution in [1.29, 1.82) is 0 Å². The number of epoxide rings is 1. The zero-order valence-electron chi connectivity index (χ0n) is 8.79. The molecular weight excluding hydrogens is 192 g/mol. The topological polar surface area (TPSA) is 38.8 Å². The average Bonchev–Trinajstić information content (AvgIpc) is 2.84. The predicted octanol–water partition coefficient (Wildman–Crippen LogP) is 2.08. The lowest BCUT2D eigenvalue weighted by molar-refractivity contribution is -0.146. The first-order chi connectivity index (χ1) is 7.28. The van der Waals surface area contributed by atoms with Gasteiger partial charge in [-0.15, -0.1) is 0 Å². The molecule has 0 unspecified atom stereocenters. The molecule has 1 spiro atoms. The van der Waals surface area contributed by atoms with Gasteiger partial charge >= 0.3 is 5.97 Å². The molecule has 3 heteroatoms. The summed E-state index contributed by atoms with van der Waals surface area (Å²) < 4.78 is 11.0. The Morgan fingerprint density at radius 1 is 1.60 bits per heavy atom. The molecule has 0 amide bonds. The van der Waals surface area contributed by atoms with Crippen LogP contribution in [0.3, 0.4) is 0 Å². The summed E-state index contributed by atoms with van der Waals surface area (Å²) in [5, 5.41) is 0. The molecule has 0 aromatic rings. The van der Waals surface area contributed by atoms with E-state index in [2.05, 4.69) is 6.92 Å². The minimum atomic E-state index is -0.646. The van der Waals surface area contributed by atoms with Crippen LogP contribution >= 0.6 is 0 Å². The Hall–Kier alpha value is -1.09. The molecule has 2 atom stereocenters. The number of hydrogen-bond donors (Lipinski definition) is 0. The van der Waals surface area contributed by atoms with E-state index < -0.39 is 5.79 Å². The second-order valence-corrected chi connectivity index (χ2v) is 4.29. The van der Waals surface area contributed by atoms with Gasteiger partial charge in [0.2, 0.25) is 0 Å². The van der Waals surface area contributed by atoms with Gasteiger partial charge in [0.05, 0.1) is 5.57 Å². The second-order valence-electron chi connectivity index (χ2n) is 4.29. The van der Waals surface area contributed by atoms with Gasteiger partial charge in [-0.1, -0.05) is 25.5 Å². The first kappa shape index (κ1) is 9.16. The van der Waals surface area contributed by atoms with Crippen molar-refractivity contribution in [3.8, 4) is 0 Å². The number of allylic oxidation sites excluding steroid dienone is 1. The molecule has 0 bridgehead atoms. The van der Waals surface area contributed by atoms with Crippen molar-refractivity contribution >= 4 is 5.97 Å². The Morgan fingerprint density at radius 3 is 3.27 bits per heavy atom. The first-order valence-corrected chi connectivity index (χ1v) is 5.59. The highest BCUT2D eigenvalue weighted by Crippen LogP contribution is 2.53. The van der Waals surface area contributed by atoms with Gasteiger partial charge in [0.25, 0.3) is 5.79 Å². The van der Waals surface area contributed by atoms with E-state index in [9.17, 15) is 4.79 Å². The summed E-state index contributed by atoms with van der Waals surface area (Å²) in [6, 6.07) is 0. The molecule has 1 saturated heterocycles. The Labute approximate surface area is 88.7 Å². The van der Waals surface area contributed by atoms with Crippen LogP contribution in [-0.4, -0.2) is 17.9 Å². The number of carbonyl (C=O) groups is 1. The Kier molecular flexibility index (Phi) is 1.80. The van der Waals surface area contributed by atoms with Gasteiger partial charge in [-0.05, 0) is 19.3 Å². The van der Waals surface area contributed by atoms with Crippen LogP contribution in [0.25, 0.3) is 0 Å². The molecule has 3 rings (SSSR count). The monoisotopic (exact) mass is 206 g/mol. The smallest absolute Gasteiger partial charge is 0.341 e. The van der Waals surface area contributed by atoms with E-state index in [-0.39, 0.29) is 12.1 Å². The lowest BCUT2D eigenvalue weighted by atomic mass is 9.93. The molecule has 0 aromatic heterocycles. The van der Waals surface area contributed by atoms with Crippen LogP contribution in [0.5, 0.6) is 0 Å². The summed E-state index contributed by atoms with van der Waals surface area (Å²) >= 11 is 0. The summed E-state index contributed by atoms with van der Waals surface area (Å²) in [5.41, 5.74) is 1.81. The molecule has 0 radical (unpaired) electrons. The van der Waals surface area contributed by atoms with E-state index in [0.29, 0.717) is 0 Å². The number of esters is 1. The minimum absolute atomic E-state index is 0.102. The molecule has 1 aliphatic carbocycles. The fraction of sp³-hybridized carbons (Fsp3) is 0.583. The Morgan fingerprint density at radius 2 is 2.47 bits per heavy atom. The quantitative estimate of drug-likeness (QED) is 0.513. The second kappa shape index (κ2) is 2.95. The number of rotatable bonds is 2. The zero-order valence-corrected chi connectivity index (χ0v) is 8.79. The SMILES string of the molecule is CCC[C@@H]1O[C@@]12OC(=O)C1=C2CCC=C1. The maximum atomic E-state index is 11.6. The fourth-order valence-corrected chi connectivity index (χ4v) is 2.52. The van der Waals surface area contributed by atoms with Crippen LogP contribution in [0.2, 0.25) is 0 Å². The molecular formula is C12H14O3. The number of ether oxygens (including phenoxy) is 2. The molecule has 3 aliphatic rings. The highest BCUT2D eigenvalue weighted by Gasteiger charge is 2.66. The maximum Gasteiger partial charge on any atom is 0.341 e. The fourth-order valence-electron chi connectivity index (χ4n) is 2.52. The highest BCUT2D eigenvalue weighted by atomic mass is 16.8. The molecule has 2 heterocycles. The van der Waals surface area contributed by atoms with Crippen LogP contribution in [0.1, 0.15) is 32.6 Å². The van der Waals surface area contributed by atoms with Crippen LogP contribution in [0.15, 0.2) is 23.3 Å². The van der Waals surface area contributed by atoms with E-state index >= 15 is 0 Å². The third kappa shape index (κ3) is 1.13. The van der Waals surface area contributed by atoms with E-state index in [1.54, 1.807) is 0 Å². The summed E-state index contributed by atoms with van der Waals surface area (Å²) in [4.78, 5) is 11.6. The van der Waals surface area contributed by atoms with Gasteiger partial charge in [0.15, 0.2) is 0 Å². The summed E-state index contributed by atoms with van der Waals surface area (Å²) in [6.07, 6.45) is 7.91. The van der Waals surface area contributed by atoms with E-state index in [1.165, 1.54) is 0 Å². The van der Waals surface area contributed by atoms with E-state index in [0.717, 1.165) is 36.8 Å². The van der Waals surface area contributed by atoms with Gasteiger partial charge < -0.3 is 9.47 Å². The van der Waals surface area contributed by atoms with Gasteiger partial charge in [-0.3, -0.25) is 0 Å².